The lowest BCUT2D eigenvalue weighted by Crippen LogP contribution is -2.53. The van der Waals surface area contributed by atoms with Gasteiger partial charge in [0.15, 0.2) is 21.4 Å². The number of hydrogen-bond donors (Lipinski definition) is 0. The predicted octanol–water partition coefficient (Wildman–Crippen LogP) is 2.12. The number of carbonyl (C=O) groups excluding carboxylic acids is 1. The first-order chi connectivity index (χ1) is 17.8. The zero-order valence-electron chi connectivity index (χ0n) is 21.0. The van der Waals surface area contributed by atoms with Crippen LogP contribution in [0.15, 0.2) is 30.3 Å². The highest BCUT2D eigenvalue weighted by atomic mass is 19.4. The van der Waals surface area contributed by atoms with E-state index in [4.69, 9.17) is 18.9 Å². The summed E-state index contributed by atoms with van der Waals surface area (Å²) in [6.07, 6.45) is -4.91. The second-order valence-electron chi connectivity index (χ2n) is 10.4. The van der Waals surface area contributed by atoms with Gasteiger partial charge in [-0.15, -0.1) is 0 Å². The van der Waals surface area contributed by atoms with E-state index in [1.54, 1.807) is 15.7 Å². The van der Waals surface area contributed by atoms with E-state index in [0.717, 1.165) is 6.07 Å². The molecule has 14 heteroatoms. The molecular formula is C24H25B2F5N2O5. The first-order valence-electron chi connectivity index (χ1n) is 12.2. The molecule has 0 bridgehead atoms. The number of hydrogen-bond acceptors (Lipinski definition) is 6. The van der Waals surface area contributed by atoms with Crippen molar-refractivity contribution in [2.75, 3.05) is 26.8 Å². The second kappa shape index (κ2) is 9.11. The number of amides is 1. The van der Waals surface area contributed by atoms with Gasteiger partial charge in [-0.3, -0.25) is 4.79 Å². The SMILES string of the molecule is BC1(B)OC2CN(C(=O)c3ccc(OCC4(C(F)(F)F)CC4)c(OC)n3)CC[C@]2(c2cc(F)cc(F)c2)O1. The fourth-order valence-electron chi connectivity index (χ4n) is 5.17. The molecule has 0 N–H and O–H groups in total. The molecule has 1 aromatic carbocycles. The molecule has 2 saturated heterocycles. The van der Waals surface area contributed by atoms with Crippen LogP contribution >= 0.6 is 0 Å². The lowest BCUT2D eigenvalue weighted by Gasteiger charge is -2.42. The fourth-order valence-corrected chi connectivity index (χ4v) is 5.17. The number of likely N-dealkylation sites (tertiary alicyclic amines) is 1. The first-order valence-corrected chi connectivity index (χ1v) is 12.2. The van der Waals surface area contributed by atoms with E-state index in [0.29, 0.717) is 0 Å². The van der Waals surface area contributed by atoms with Crippen molar-refractivity contribution in [3.8, 4) is 11.6 Å². The number of carbonyl (C=O) groups is 1. The zero-order chi connectivity index (χ0) is 27.5. The van der Waals surface area contributed by atoms with Crippen molar-refractivity contribution in [2.24, 2.45) is 5.41 Å². The summed E-state index contributed by atoms with van der Waals surface area (Å²) in [6.45, 7) is -0.342. The Hall–Kier alpha value is -2.86. The number of methoxy groups -OCH3 is 1. The number of rotatable bonds is 6. The van der Waals surface area contributed by atoms with E-state index in [9.17, 15) is 26.7 Å². The highest BCUT2D eigenvalue weighted by molar-refractivity contribution is 6.38. The van der Waals surface area contributed by atoms with Crippen molar-refractivity contribution in [1.29, 1.82) is 0 Å². The molecule has 0 radical (unpaired) electrons. The summed E-state index contributed by atoms with van der Waals surface area (Å²) in [5.41, 5.74) is -3.82. The maximum Gasteiger partial charge on any atom is 0.397 e. The molecule has 5 rings (SSSR count). The van der Waals surface area contributed by atoms with Crippen molar-refractivity contribution >= 4 is 21.6 Å². The number of pyridine rings is 1. The number of alkyl halides is 3. The molecule has 1 amide bonds. The largest absolute Gasteiger partial charge is 0.487 e. The lowest BCUT2D eigenvalue weighted by atomic mass is 9.76. The maximum atomic E-state index is 14.1. The molecule has 7 nitrogen and oxygen atoms in total. The average Bonchev–Trinajstić information content (AvgIpc) is 3.58. The van der Waals surface area contributed by atoms with Gasteiger partial charge in [0.05, 0.1) is 19.2 Å². The summed E-state index contributed by atoms with van der Waals surface area (Å²) in [6, 6.07) is 5.89. The number of nitrogens with zero attached hydrogens (tertiary/aromatic N) is 2. The van der Waals surface area contributed by atoms with Gasteiger partial charge in [0.1, 0.15) is 41.1 Å². The number of aromatic nitrogens is 1. The van der Waals surface area contributed by atoms with Crippen LogP contribution in [0.25, 0.3) is 0 Å². The van der Waals surface area contributed by atoms with Crippen LogP contribution in [0.2, 0.25) is 0 Å². The molecule has 38 heavy (non-hydrogen) atoms. The summed E-state index contributed by atoms with van der Waals surface area (Å²) in [5.74, 6) is -2.09. The number of halogens is 5. The Bertz CT molecular complexity index is 1240. The molecule has 1 unspecified atom stereocenters. The Balaban J connectivity index is 1.34. The summed E-state index contributed by atoms with van der Waals surface area (Å²) in [4.78, 5) is 19.0. The molecule has 2 atom stereocenters. The smallest absolute Gasteiger partial charge is 0.397 e. The third-order valence-corrected chi connectivity index (χ3v) is 7.35. The van der Waals surface area contributed by atoms with E-state index in [1.807, 2.05) is 0 Å². The Morgan fingerprint density at radius 2 is 1.84 bits per heavy atom. The van der Waals surface area contributed by atoms with Gasteiger partial charge in [-0.05, 0) is 42.7 Å². The van der Waals surface area contributed by atoms with Crippen LogP contribution in [0.4, 0.5) is 22.0 Å². The number of fused-ring (bicyclic) bond motifs is 1. The quantitative estimate of drug-likeness (QED) is 0.415. The molecule has 3 heterocycles. The van der Waals surface area contributed by atoms with Gasteiger partial charge in [-0.25, -0.2) is 13.8 Å². The minimum Gasteiger partial charge on any atom is -0.487 e. The van der Waals surface area contributed by atoms with Crippen LogP contribution in [0, 0.1) is 17.0 Å². The summed E-state index contributed by atoms with van der Waals surface area (Å²) in [7, 11) is 4.65. The first kappa shape index (κ1) is 26.7. The maximum absolute atomic E-state index is 14.1. The third-order valence-electron chi connectivity index (χ3n) is 7.35. The highest BCUT2D eigenvalue weighted by Gasteiger charge is 2.64. The molecule has 2 aliphatic heterocycles. The summed E-state index contributed by atoms with van der Waals surface area (Å²) >= 11 is 0. The Morgan fingerprint density at radius 3 is 2.45 bits per heavy atom. The van der Waals surface area contributed by atoms with Gasteiger partial charge >= 0.3 is 6.18 Å². The number of ether oxygens (including phenoxy) is 4. The monoisotopic (exact) mass is 538 g/mol. The van der Waals surface area contributed by atoms with E-state index in [-0.39, 0.29) is 55.2 Å². The van der Waals surface area contributed by atoms with Crippen molar-refractivity contribution in [3.05, 3.63) is 53.2 Å². The highest BCUT2D eigenvalue weighted by Crippen LogP contribution is 2.57. The molecule has 0 spiro atoms. The van der Waals surface area contributed by atoms with E-state index in [1.165, 1.54) is 36.3 Å². The van der Waals surface area contributed by atoms with Crippen LogP contribution in [-0.4, -0.2) is 76.2 Å². The van der Waals surface area contributed by atoms with Crippen LogP contribution in [0.3, 0.4) is 0 Å². The third kappa shape index (κ3) is 4.72. The van der Waals surface area contributed by atoms with E-state index in [2.05, 4.69) is 4.98 Å². The van der Waals surface area contributed by atoms with Gasteiger partial charge in [-0.1, -0.05) is 0 Å². The Morgan fingerprint density at radius 1 is 1.16 bits per heavy atom. The van der Waals surface area contributed by atoms with E-state index < -0.39 is 53.0 Å². The van der Waals surface area contributed by atoms with Crippen molar-refractivity contribution in [2.45, 2.75) is 42.7 Å². The van der Waals surface area contributed by atoms with Gasteiger partial charge < -0.3 is 23.8 Å². The van der Waals surface area contributed by atoms with Crippen LogP contribution in [0.5, 0.6) is 11.6 Å². The van der Waals surface area contributed by atoms with Crippen LogP contribution in [0.1, 0.15) is 35.3 Å². The number of piperidine rings is 1. The lowest BCUT2D eigenvalue weighted by molar-refractivity contribution is -0.194. The molecule has 1 aliphatic carbocycles. The zero-order valence-corrected chi connectivity index (χ0v) is 21.0. The van der Waals surface area contributed by atoms with Gasteiger partial charge in [0.25, 0.3) is 11.8 Å². The summed E-state index contributed by atoms with van der Waals surface area (Å²) in [5, 5.41) is 0. The van der Waals surface area contributed by atoms with Gasteiger partial charge in [-0.2, -0.15) is 13.2 Å². The Kier molecular flexibility index (Phi) is 6.41. The summed E-state index contributed by atoms with van der Waals surface area (Å²) < 4.78 is 90.6. The molecule has 3 aliphatic rings. The van der Waals surface area contributed by atoms with Crippen LogP contribution in [-0.2, 0) is 15.1 Å². The average molecular weight is 538 g/mol. The van der Waals surface area contributed by atoms with Crippen LogP contribution < -0.4 is 9.47 Å². The van der Waals surface area contributed by atoms with Gasteiger partial charge in [0.2, 0.25) is 0 Å². The molecule has 1 aromatic heterocycles. The standard InChI is InChI=1S/C24H25B2F5N2O5/c1-35-19-17(36-12-21(4-5-21)23(29,30)31)3-2-16(32-19)20(34)33-7-6-22(13-8-14(27)10-15(28)9-13)18(11-33)37-24(25,26)38-22/h2-3,8-10,18H,4-7,11-12,25-26H2,1H3/t18?,22-/m1/s1. The fraction of sp³-hybridized carbons (Fsp3) is 0.500. The number of benzene rings is 1. The Labute approximate surface area is 217 Å². The molecular weight excluding hydrogens is 513 g/mol. The molecule has 3 fully saturated rings. The van der Waals surface area contributed by atoms with Crippen molar-refractivity contribution < 1.29 is 45.7 Å². The minimum absolute atomic E-state index is 0.000331. The normalized spacial score (nSPS) is 25.5. The predicted molar refractivity (Wildman–Crippen MR) is 128 cm³/mol. The topological polar surface area (TPSA) is 70.1 Å². The minimum atomic E-state index is -4.37. The molecule has 202 valence electrons. The van der Waals surface area contributed by atoms with Crippen molar-refractivity contribution in [1.82, 2.24) is 9.88 Å². The van der Waals surface area contributed by atoms with E-state index >= 15 is 0 Å². The van der Waals surface area contributed by atoms with Gasteiger partial charge in [0, 0.05) is 19.0 Å². The van der Waals surface area contributed by atoms with Crippen molar-refractivity contribution in [3.63, 3.8) is 0 Å². The molecule has 2 aromatic rings. The second-order valence-corrected chi connectivity index (χ2v) is 10.4. The molecule has 1 saturated carbocycles.